The number of carbonyl (C=O) groups is 2. The van der Waals surface area contributed by atoms with Crippen LogP contribution in [-0.4, -0.2) is 39.1 Å². The van der Waals surface area contributed by atoms with Gasteiger partial charge in [0, 0.05) is 34.1 Å². The molecule has 1 unspecified atom stereocenters. The summed E-state index contributed by atoms with van der Waals surface area (Å²) < 4.78 is 22.6. The van der Waals surface area contributed by atoms with Crippen LogP contribution in [0.4, 0.5) is 4.39 Å². The Morgan fingerprint density at radius 1 is 1.03 bits per heavy atom. The van der Waals surface area contributed by atoms with Crippen LogP contribution in [0.2, 0.25) is 0 Å². The minimum Gasteiger partial charge on any atom is -0.339 e. The lowest BCUT2D eigenvalue weighted by atomic mass is 10.0. The van der Waals surface area contributed by atoms with Crippen molar-refractivity contribution < 1.29 is 18.7 Å². The van der Waals surface area contributed by atoms with Crippen molar-refractivity contribution in [1.29, 1.82) is 0 Å². The molecule has 7 nitrogen and oxygen atoms in total. The monoisotopic (exact) mass is 572 g/mol. The first kappa shape index (κ1) is 24.4. The van der Waals surface area contributed by atoms with Crippen molar-refractivity contribution in [2.75, 3.05) is 6.54 Å². The van der Waals surface area contributed by atoms with Gasteiger partial charge in [0.2, 0.25) is 0 Å². The second kappa shape index (κ2) is 9.74. The van der Waals surface area contributed by atoms with E-state index < -0.39 is 12.3 Å². The maximum atomic E-state index is 13.7. The standard InChI is InChI=1S/C29H22BrFN4O3/c1-17-28(37)34(13-12-18-2-11-25-20(14-18)15-26(36)32-25)29(38-17)27-24(19-3-7-22(31)8-4-19)16-35(33-27)23-9-5-21(30)6-10-23/h2-11,14-17,29H,12-13H2,1H3/t17?,29-/m1/s1. The number of halogens is 2. The molecule has 0 saturated carbocycles. The molecule has 3 aromatic carbocycles. The first-order valence-corrected chi connectivity index (χ1v) is 13.0. The van der Waals surface area contributed by atoms with Crippen LogP contribution >= 0.6 is 15.9 Å². The fourth-order valence-electron chi connectivity index (χ4n) is 4.77. The van der Waals surface area contributed by atoms with Crippen molar-refractivity contribution in [3.8, 4) is 16.8 Å². The second-order valence-corrected chi connectivity index (χ2v) is 10.2. The van der Waals surface area contributed by atoms with Crippen molar-refractivity contribution in [2.45, 2.75) is 25.7 Å². The van der Waals surface area contributed by atoms with Crippen LogP contribution in [-0.2, 0) is 20.7 Å². The average Bonchev–Trinajstić information content (AvgIpc) is 3.58. The van der Waals surface area contributed by atoms with Gasteiger partial charge in [-0.2, -0.15) is 5.10 Å². The minimum absolute atomic E-state index is 0.129. The van der Waals surface area contributed by atoms with E-state index in [-0.39, 0.29) is 17.6 Å². The summed E-state index contributed by atoms with van der Waals surface area (Å²) in [5, 5.41) is 6.30. The molecule has 38 heavy (non-hydrogen) atoms. The number of amides is 2. The summed E-state index contributed by atoms with van der Waals surface area (Å²) in [6, 6.07) is 19.6. The van der Waals surface area contributed by atoms with Gasteiger partial charge >= 0.3 is 0 Å². The molecule has 2 aliphatic rings. The first-order chi connectivity index (χ1) is 18.4. The summed E-state index contributed by atoms with van der Waals surface area (Å²) in [6.07, 6.45) is 2.60. The molecule has 0 N–H and O–H groups in total. The number of fused-ring (bicyclic) bond motifs is 1. The largest absolute Gasteiger partial charge is 0.339 e. The summed E-state index contributed by atoms with van der Waals surface area (Å²) in [6.45, 7) is 2.13. The number of hydrogen-bond donors (Lipinski definition) is 0. The summed E-state index contributed by atoms with van der Waals surface area (Å²) in [5.74, 6) is -0.723. The molecule has 3 heterocycles. The van der Waals surface area contributed by atoms with Gasteiger partial charge in [-0.3, -0.25) is 9.59 Å². The molecule has 0 spiro atoms. The van der Waals surface area contributed by atoms with Gasteiger partial charge in [0.1, 0.15) is 17.6 Å². The summed E-state index contributed by atoms with van der Waals surface area (Å²) >= 11 is 3.46. The highest BCUT2D eigenvalue weighted by Crippen LogP contribution is 2.37. The number of rotatable bonds is 6. The topological polar surface area (TPSA) is 76.8 Å². The lowest BCUT2D eigenvalue weighted by Gasteiger charge is -2.22. The number of aromatic nitrogens is 2. The van der Waals surface area contributed by atoms with Gasteiger partial charge in [-0.15, -0.1) is 0 Å². The molecule has 4 aromatic rings. The van der Waals surface area contributed by atoms with Gasteiger partial charge in [0.15, 0.2) is 6.23 Å². The third kappa shape index (κ3) is 4.59. The highest BCUT2D eigenvalue weighted by atomic mass is 79.9. The summed E-state index contributed by atoms with van der Waals surface area (Å²) in [5.41, 5.74) is 3.90. The summed E-state index contributed by atoms with van der Waals surface area (Å²) in [4.78, 5) is 30.5. The molecule has 0 aliphatic carbocycles. The third-order valence-corrected chi connectivity index (χ3v) is 7.24. The Morgan fingerprint density at radius 3 is 2.55 bits per heavy atom. The Bertz CT molecular complexity index is 1680. The highest BCUT2D eigenvalue weighted by Gasteiger charge is 2.41. The predicted molar refractivity (Wildman–Crippen MR) is 142 cm³/mol. The maximum absolute atomic E-state index is 13.7. The van der Waals surface area contributed by atoms with Crippen LogP contribution in [0.15, 0.2) is 82.4 Å². The summed E-state index contributed by atoms with van der Waals surface area (Å²) in [7, 11) is 0. The number of hydrogen-bond acceptors (Lipinski definition) is 4. The molecular formula is C29H22BrFN4O3. The molecule has 6 rings (SSSR count). The second-order valence-electron chi connectivity index (χ2n) is 9.26. The lowest BCUT2D eigenvalue weighted by Crippen LogP contribution is -2.33. The van der Waals surface area contributed by atoms with Gasteiger partial charge in [-0.1, -0.05) is 34.1 Å². The molecule has 0 bridgehead atoms. The van der Waals surface area contributed by atoms with Crippen molar-refractivity contribution >= 4 is 33.8 Å². The Balaban J connectivity index is 1.36. The van der Waals surface area contributed by atoms with Crippen molar-refractivity contribution in [2.24, 2.45) is 4.99 Å². The van der Waals surface area contributed by atoms with E-state index in [4.69, 9.17) is 9.84 Å². The Morgan fingerprint density at radius 2 is 1.79 bits per heavy atom. The predicted octanol–water partition coefficient (Wildman–Crippen LogP) is 3.87. The molecule has 1 saturated heterocycles. The minimum atomic E-state index is -0.716. The number of nitrogens with zero attached hydrogens (tertiary/aromatic N) is 4. The molecule has 2 atom stereocenters. The number of ether oxygens (including phenoxy) is 1. The maximum Gasteiger partial charge on any atom is 0.270 e. The van der Waals surface area contributed by atoms with E-state index in [2.05, 4.69) is 20.9 Å². The smallest absolute Gasteiger partial charge is 0.270 e. The lowest BCUT2D eigenvalue weighted by molar-refractivity contribution is -0.130. The molecule has 2 aliphatic heterocycles. The van der Waals surface area contributed by atoms with Crippen molar-refractivity contribution in [1.82, 2.24) is 14.7 Å². The van der Waals surface area contributed by atoms with Crippen molar-refractivity contribution in [3.63, 3.8) is 0 Å². The third-order valence-electron chi connectivity index (χ3n) is 6.71. The first-order valence-electron chi connectivity index (χ1n) is 12.2. The van der Waals surface area contributed by atoms with Crippen LogP contribution < -0.4 is 10.6 Å². The molecule has 0 radical (unpaired) electrons. The van der Waals surface area contributed by atoms with Gasteiger partial charge in [-0.25, -0.2) is 14.1 Å². The molecular weight excluding hydrogens is 551 g/mol. The van der Waals surface area contributed by atoms with E-state index in [1.807, 2.05) is 48.7 Å². The van der Waals surface area contributed by atoms with Gasteiger partial charge in [0.05, 0.1) is 11.0 Å². The zero-order valence-electron chi connectivity index (χ0n) is 20.3. The van der Waals surface area contributed by atoms with E-state index in [0.29, 0.717) is 24.0 Å². The zero-order valence-corrected chi connectivity index (χ0v) is 21.9. The molecule has 1 fully saturated rings. The van der Waals surface area contributed by atoms with Crippen LogP contribution in [0.3, 0.4) is 0 Å². The molecule has 9 heteroatoms. The van der Waals surface area contributed by atoms with E-state index in [1.165, 1.54) is 18.2 Å². The average molecular weight is 573 g/mol. The van der Waals surface area contributed by atoms with Crippen LogP contribution in [0.5, 0.6) is 0 Å². The van der Waals surface area contributed by atoms with Crippen LogP contribution in [0.1, 0.15) is 24.4 Å². The quantitative estimate of drug-likeness (QED) is 0.351. The van der Waals surface area contributed by atoms with Crippen LogP contribution in [0.25, 0.3) is 22.9 Å². The van der Waals surface area contributed by atoms with Crippen LogP contribution in [0, 0.1) is 5.82 Å². The van der Waals surface area contributed by atoms with Gasteiger partial charge in [-0.05, 0) is 73.0 Å². The van der Waals surface area contributed by atoms with E-state index in [9.17, 15) is 14.0 Å². The van der Waals surface area contributed by atoms with Gasteiger partial charge in [0.25, 0.3) is 11.8 Å². The SMILES string of the molecule is CC1O[C@H](c2nn(-c3ccc(Br)cc3)cc2-c2ccc(F)cc2)N(CCc2ccc3c(c2)=CC(=O)N=3)C1=O. The fourth-order valence-corrected chi connectivity index (χ4v) is 5.04. The number of carbonyl (C=O) groups excluding carboxylic acids is 2. The highest BCUT2D eigenvalue weighted by molar-refractivity contribution is 9.10. The Kier molecular flexibility index (Phi) is 6.25. The van der Waals surface area contributed by atoms with E-state index in [1.54, 1.807) is 28.6 Å². The Hall–Kier alpha value is -3.95. The van der Waals surface area contributed by atoms with E-state index >= 15 is 0 Å². The zero-order chi connectivity index (χ0) is 26.4. The Labute approximate surface area is 226 Å². The normalized spacial score (nSPS) is 18.4. The molecule has 1 aromatic heterocycles. The van der Waals surface area contributed by atoms with E-state index in [0.717, 1.165) is 32.1 Å². The fraction of sp³-hybridized carbons (Fsp3) is 0.172. The molecule has 2 amide bonds. The van der Waals surface area contributed by atoms with Crippen molar-refractivity contribution in [3.05, 3.63) is 105 Å². The van der Waals surface area contributed by atoms with Gasteiger partial charge < -0.3 is 9.64 Å². The molecule has 190 valence electrons. The number of benzene rings is 3.